The van der Waals surface area contributed by atoms with Gasteiger partial charge in [0.05, 0.1) is 24.2 Å². The standard InChI is InChI=1S/C43H48Br2N2O2/c1-5-9-14-29(7-3)27-48-39-23-18-31(24-40(39)49-28-30(8-4)15-10-6-2)43-46-41-37-25-32(44)19-21-35(37)36-22-20-33(45)26-38(36)42(41)47(43)34-16-12-11-13-17-34/h11-13,16-26,29-30H,5-10,14-15,27-28H2,1-4H3. The predicted molar refractivity (Wildman–Crippen MR) is 215 cm³/mol. The number of rotatable bonds is 16. The molecule has 0 fully saturated rings. The van der Waals surface area contributed by atoms with Crippen molar-refractivity contribution < 1.29 is 9.47 Å². The van der Waals surface area contributed by atoms with Crippen molar-refractivity contribution in [2.75, 3.05) is 13.2 Å². The van der Waals surface area contributed by atoms with Crippen molar-refractivity contribution in [2.24, 2.45) is 11.8 Å². The number of ether oxygens (including phenoxy) is 2. The van der Waals surface area contributed by atoms with E-state index in [0.717, 1.165) is 72.2 Å². The van der Waals surface area contributed by atoms with Crippen LogP contribution in [0.3, 0.4) is 0 Å². The van der Waals surface area contributed by atoms with Gasteiger partial charge in [-0.15, -0.1) is 0 Å². The third-order valence-corrected chi connectivity index (χ3v) is 10.9. The van der Waals surface area contributed by atoms with Gasteiger partial charge >= 0.3 is 0 Å². The van der Waals surface area contributed by atoms with Gasteiger partial charge in [-0.2, -0.15) is 0 Å². The highest BCUT2D eigenvalue weighted by molar-refractivity contribution is 9.10. The number of para-hydroxylation sites is 1. The van der Waals surface area contributed by atoms with E-state index in [-0.39, 0.29) is 0 Å². The fourth-order valence-electron chi connectivity index (χ4n) is 6.86. The van der Waals surface area contributed by atoms with Crippen molar-refractivity contribution in [1.82, 2.24) is 9.55 Å². The van der Waals surface area contributed by atoms with E-state index in [0.29, 0.717) is 25.0 Å². The number of halogens is 2. The number of unbranched alkanes of at least 4 members (excludes halogenated alkanes) is 2. The van der Waals surface area contributed by atoms with E-state index in [4.69, 9.17) is 14.5 Å². The summed E-state index contributed by atoms with van der Waals surface area (Å²) in [5, 5.41) is 4.64. The summed E-state index contributed by atoms with van der Waals surface area (Å²) < 4.78 is 17.7. The minimum Gasteiger partial charge on any atom is -0.489 e. The highest BCUT2D eigenvalue weighted by atomic mass is 79.9. The van der Waals surface area contributed by atoms with Crippen LogP contribution in [-0.2, 0) is 0 Å². The van der Waals surface area contributed by atoms with Gasteiger partial charge in [0, 0.05) is 31.0 Å². The van der Waals surface area contributed by atoms with E-state index in [2.05, 4.69) is 149 Å². The molecule has 0 saturated carbocycles. The molecule has 2 unspecified atom stereocenters. The molecule has 256 valence electrons. The quantitative estimate of drug-likeness (QED) is 0.0917. The first kappa shape index (κ1) is 35.5. The molecule has 0 amide bonds. The molecule has 0 aliphatic rings. The highest BCUT2D eigenvalue weighted by Gasteiger charge is 2.22. The van der Waals surface area contributed by atoms with Gasteiger partial charge in [0.25, 0.3) is 0 Å². The molecule has 6 aromatic rings. The van der Waals surface area contributed by atoms with Crippen LogP contribution in [0.25, 0.3) is 49.7 Å². The van der Waals surface area contributed by atoms with Gasteiger partial charge in [-0.1, -0.05) is 128 Å². The van der Waals surface area contributed by atoms with Crippen molar-refractivity contribution in [2.45, 2.75) is 79.1 Å². The van der Waals surface area contributed by atoms with Crippen molar-refractivity contribution in [1.29, 1.82) is 0 Å². The van der Waals surface area contributed by atoms with E-state index < -0.39 is 0 Å². The van der Waals surface area contributed by atoms with E-state index in [1.165, 1.54) is 49.3 Å². The number of aromatic nitrogens is 2. The lowest BCUT2D eigenvalue weighted by atomic mass is 10.00. The van der Waals surface area contributed by atoms with Crippen LogP contribution in [0.2, 0.25) is 0 Å². The molecule has 0 saturated heterocycles. The molecule has 2 atom stereocenters. The summed E-state index contributed by atoms with van der Waals surface area (Å²) in [6.07, 6.45) is 9.41. The number of hydrogen-bond donors (Lipinski definition) is 0. The molecule has 0 radical (unpaired) electrons. The summed E-state index contributed by atoms with van der Waals surface area (Å²) >= 11 is 7.52. The van der Waals surface area contributed by atoms with E-state index in [1.54, 1.807) is 0 Å². The van der Waals surface area contributed by atoms with Crippen LogP contribution in [0, 0.1) is 11.8 Å². The molecule has 49 heavy (non-hydrogen) atoms. The molecule has 0 aliphatic heterocycles. The van der Waals surface area contributed by atoms with Crippen LogP contribution in [-0.4, -0.2) is 22.8 Å². The monoisotopic (exact) mass is 782 g/mol. The minimum atomic E-state index is 0.507. The summed E-state index contributed by atoms with van der Waals surface area (Å²) in [4.78, 5) is 5.48. The Hall–Kier alpha value is -3.35. The molecule has 6 heteroatoms. The molecule has 5 aromatic carbocycles. The van der Waals surface area contributed by atoms with Gasteiger partial charge in [-0.05, 0) is 90.0 Å². The first-order valence-electron chi connectivity index (χ1n) is 18.1. The van der Waals surface area contributed by atoms with E-state index >= 15 is 0 Å². The fourth-order valence-corrected chi connectivity index (χ4v) is 7.59. The molecular weight excluding hydrogens is 736 g/mol. The molecule has 0 N–H and O–H groups in total. The predicted octanol–water partition coefficient (Wildman–Crippen LogP) is 13.7. The second-order valence-electron chi connectivity index (χ2n) is 13.3. The summed E-state index contributed by atoms with van der Waals surface area (Å²) in [6.45, 7) is 10.4. The van der Waals surface area contributed by atoms with Gasteiger partial charge in [0.1, 0.15) is 5.82 Å². The summed E-state index contributed by atoms with van der Waals surface area (Å²) in [7, 11) is 0. The topological polar surface area (TPSA) is 36.3 Å². The first-order valence-corrected chi connectivity index (χ1v) is 19.7. The Morgan fingerprint density at radius 3 is 1.84 bits per heavy atom. The molecule has 0 aliphatic carbocycles. The molecule has 0 bridgehead atoms. The van der Waals surface area contributed by atoms with Crippen molar-refractivity contribution in [3.63, 3.8) is 0 Å². The van der Waals surface area contributed by atoms with Crippen molar-refractivity contribution in [3.8, 4) is 28.6 Å². The van der Waals surface area contributed by atoms with E-state index in [1.807, 2.05) is 0 Å². The number of fused-ring (bicyclic) bond motifs is 6. The average Bonchev–Trinajstić information content (AvgIpc) is 3.54. The molecule has 0 spiro atoms. The lowest BCUT2D eigenvalue weighted by Gasteiger charge is -2.21. The lowest BCUT2D eigenvalue weighted by Crippen LogP contribution is -2.14. The Kier molecular flexibility index (Phi) is 12.0. The second kappa shape index (κ2) is 16.6. The highest BCUT2D eigenvalue weighted by Crippen LogP contribution is 2.42. The maximum Gasteiger partial charge on any atom is 0.161 e. The maximum atomic E-state index is 6.71. The van der Waals surface area contributed by atoms with Gasteiger partial charge in [0.2, 0.25) is 0 Å². The summed E-state index contributed by atoms with van der Waals surface area (Å²) in [5.74, 6) is 3.52. The number of hydrogen-bond acceptors (Lipinski definition) is 3. The third-order valence-electron chi connectivity index (χ3n) is 9.89. The number of nitrogens with zero attached hydrogens (tertiary/aromatic N) is 2. The molecular formula is C43H48Br2N2O2. The Morgan fingerprint density at radius 1 is 0.633 bits per heavy atom. The van der Waals surface area contributed by atoms with Crippen molar-refractivity contribution in [3.05, 3.63) is 93.9 Å². The summed E-state index contributed by atoms with van der Waals surface area (Å²) in [5.41, 5.74) is 4.10. The molecule has 6 rings (SSSR count). The van der Waals surface area contributed by atoms with Crippen LogP contribution in [0.15, 0.2) is 93.9 Å². The Labute approximate surface area is 308 Å². The van der Waals surface area contributed by atoms with E-state index in [9.17, 15) is 0 Å². The largest absolute Gasteiger partial charge is 0.489 e. The second-order valence-corrected chi connectivity index (χ2v) is 15.1. The zero-order valence-corrected chi connectivity index (χ0v) is 32.4. The Morgan fingerprint density at radius 2 is 1.22 bits per heavy atom. The van der Waals surface area contributed by atoms with Gasteiger partial charge in [-0.25, -0.2) is 4.98 Å². The molecule has 1 heterocycles. The summed E-state index contributed by atoms with van der Waals surface area (Å²) in [6, 6.07) is 30.0. The zero-order valence-electron chi connectivity index (χ0n) is 29.3. The number of imidazole rings is 1. The average molecular weight is 785 g/mol. The third kappa shape index (κ3) is 7.86. The maximum absolute atomic E-state index is 6.71. The lowest BCUT2D eigenvalue weighted by molar-refractivity contribution is 0.199. The SMILES string of the molecule is CCCCC(CC)COc1ccc(-c2nc3c4cc(Br)ccc4c4ccc(Br)cc4c3n2-c2ccccc2)cc1OCC(CC)CCCC. The molecule has 1 aromatic heterocycles. The Bertz CT molecular complexity index is 2020. The van der Waals surface area contributed by atoms with Crippen LogP contribution >= 0.6 is 31.9 Å². The smallest absolute Gasteiger partial charge is 0.161 e. The van der Waals surface area contributed by atoms with Crippen LogP contribution in [0.4, 0.5) is 0 Å². The van der Waals surface area contributed by atoms with Crippen LogP contribution in [0.1, 0.15) is 79.1 Å². The van der Waals surface area contributed by atoms with Gasteiger partial charge in [0.15, 0.2) is 11.5 Å². The Balaban J connectivity index is 1.54. The zero-order chi connectivity index (χ0) is 34.3. The van der Waals surface area contributed by atoms with Crippen LogP contribution in [0.5, 0.6) is 11.5 Å². The van der Waals surface area contributed by atoms with Gasteiger partial charge in [-0.3, -0.25) is 4.57 Å². The molecule has 4 nitrogen and oxygen atoms in total. The van der Waals surface area contributed by atoms with Crippen molar-refractivity contribution >= 4 is 64.4 Å². The van der Waals surface area contributed by atoms with Gasteiger partial charge < -0.3 is 9.47 Å². The van der Waals surface area contributed by atoms with Crippen LogP contribution < -0.4 is 9.47 Å². The minimum absolute atomic E-state index is 0.507. The fraction of sp³-hybridized carbons (Fsp3) is 0.372. The first-order chi connectivity index (χ1) is 23.9. The number of benzene rings is 5. The normalized spacial score (nSPS) is 12.9.